The molecule has 1 nitrogen and oxygen atoms in total. The molecule has 0 saturated carbocycles. The zero-order valence-corrected chi connectivity index (χ0v) is 14.4. The first kappa shape index (κ1) is 16.6. The first-order chi connectivity index (χ1) is 10.0. The summed E-state index contributed by atoms with van der Waals surface area (Å²) in [5.41, 5.74) is 1.31. The summed E-state index contributed by atoms with van der Waals surface area (Å²) in [6.07, 6.45) is 0.913. The molecule has 1 atom stereocenters. The lowest BCUT2D eigenvalue weighted by molar-refractivity contribution is 0.532. The highest BCUT2D eigenvalue weighted by Gasteiger charge is 2.20. The molecule has 0 aromatic heterocycles. The van der Waals surface area contributed by atoms with E-state index in [4.69, 9.17) is 11.6 Å². The molecule has 0 radical (unpaired) electrons. The van der Waals surface area contributed by atoms with Crippen LogP contribution in [0.3, 0.4) is 0 Å². The van der Waals surface area contributed by atoms with Crippen molar-refractivity contribution in [3.8, 4) is 0 Å². The Bertz CT molecular complexity index is 634. The molecular formula is C16H15ClF2IN. The second-order valence-electron chi connectivity index (χ2n) is 4.72. The fourth-order valence-corrected chi connectivity index (χ4v) is 2.98. The van der Waals surface area contributed by atoms with Crippen molar-refractivity contribution >= 4 is 34.2 Å². The second kappa shape index (κ2) is 7.51. The van der Waals surface area contributed by atoms with Crippen LogP contribution in [-0.4, -0.2) is 6.54 Å². The van der Waals surface area contributed by atoms with Crippen molar-refractivity contribution < 1.29 is 8.78 Å². The van der Waals surface area contributed by atoms with Crippen LogP contribution in [0.4, 0.5) is 8.78 Å². The van der Waals surface area contributed by atoms with Gasteiger partial charge in [0, 0.05) is 20.2 Å². The quantitative estimate of drug-likeness (QED) is 0.645. The van der Waals surface area contributed by atoms with Crippen molar-refractivity contribution in [1.82, 2.24) is 5.32 Å². The normalized spacial score (nSPS) is 12.4. The Balaban J connectivity index is 2.49. The molecular weight excluding hydrogens is 407 g/mol. The molecule has 0 aliphatic rings. The topological polar surface area (TPSA) is 12.0 Å². The minimum Gasteiger partial charge on any atom is -0.306 e. The molecule has 2 aromatic rings. The third kappa shape index (κ3) is 4.14. The lowest BCUT2D eigenvalue weighted by Gasteiger charge is -2.21. The Morgan fingerprint density at radius 1 is 1.14 bits per heavy atom. The maximum absolute atomic E-state index is 14.1. The van der Waals surface area contributed by atoms with Gasteiger partial charge in [-0.2, -0.15) is 0 Å². The first-order valence-electron chi connectivity index (χ1n) is 6.66. The van der Waals surface area contributed by atoms with Gasteiger partial charge in [-0.3, -0.25) is 0 Å². The van der Waals surface area contributed by atoms with E-state index in [9.17, 15) is 8.78 Å². The van der Waals surface area contributed by atoms with Crippen molar-refractivity contribution in [2.45, 2.75) is 19.4 Å². The molecule has 5 heteroatoms. The van der Waals surface area contributed by atoms with Gasteiger partial charge in [0.05, 0.1) is 6.04 Å². The maximum atomic E-state index is 14.1. The summed E-state index contributed by atoms with van der Waals surface area (Å²) in [5, 5.41) is 3.90. The zero-order chi connectivity index (χ0) is 15.4. The van der Waals surface area contributed by atoms with Crippen LogP contribution < -0.4 is 5.32 Å². The van der Waals surface area contributed by atoms with Crippen LogP contribution in [0.1, 0.15) is 30.5 Å². The van der Waals surface area contributed by atoms with Crippen molar-refractivity contribution in [3.05, 3.63) is 67.8 Å². The fraction of sp³-hybridized carbons (Fsp3) is 0.250. The van der Waals surface area contributed by atoms with Crippen molar-refractivity contribution in [1.29, 1.82) is 0 Å². The van der Waals surface area contributed by atoms with E-state index in [-0.39, 0.29) is 6.04 Å². The van der Waals surface area contributed by atoms with Gasteiger partial charge in [-0.1, -0.05) is 24.6 Å². The fourth-order valence-electron chi connectivity index (χ4n) is 2.15. The molecule has 0 saturated heterocycles. The molecule has 0 amide bonds. The van der Waals surface area contributed by atoms with E-state index >= 15 is 0 Å². The summed E-state index contributed by atoms with van der Waals surface area (Å²) in [5.74, 6) is -1.13. The van der Waals surface area contributed by atoms with Gasteiger partial charge in [0.1, 0.15) is 11.6 Å². The van der Waals surface area contributed by atoms with E-state index in [2.05, 4.69) is 27.9 Å². The van der Waals surface area contributed by atoms with Gasteiger partial charge in [0.25, 0.3) is 0 Å². The van der Waals surface area contributed by atoms with Crippen LogP contribution in [0.25, 0.3) is 0 Å². The van der Waals surface area contributed by atoms with Crippen LogP contribution in [0.15, 0.2) is 36.4 Å². The van der Waals surface area contributed by atoms with Gasteiger partial charge < -0.3 is 5.32 Å². The predicted octanol–water partition coefficient (Wildman–Crippen LogP) is 5.31. The molecule has 0 fully saturated rings. The third-order valence-electron chi connectivity index (χ3n) is 3.14. The molecule has 0 heterocycles. The third-order valence-corrected chi connectivity index (χ3v) is 4.36. The highest BCUT2D eigenvalue weighted by atomic mass is 127. The predicted molar refractivity (Wildman–Crippen MR) is 90.7 cm³/mol. The smallest absolute Gasteiger partial charge is 0.131 e. The molecule has 1 unspecified atom stereocenters. The average molecular weight is 422 g/mol. The van der Waals surface area contributed by atoms with Gasteiger partial charge in [0.2, 0.25) is 0 Å². The van der Waals surface area contributed by atoms with Crippen molar-refractivity contribution in [2.24, 2.45) is 0 Å². The Morgan fingerprint density at radius 3 is 2.57 bits per heavy atom. The van der Waals surface area contributed by atoms with Gasteiger partial charge in [-0.15, -0.1) is 0 Å². The Labute approximate surface area is 141 Å². The zero-order valence-electron chi connectivity index (χ0n) is 11.5. The van der Waals surface area contributed by atoms with Crippen LogP contribution in [0, 0.1) is 15.2 Å². The van der Waals surface area contributed by atoms with Crippen molar-refractivity contribution in [3.63, 3.8) is 0 Å². The van der Waals surface area contributed by atoms with Crippen LogP contribution >= 0.6 is 34.2 Å². The van der Waals surface area contributed by atoms with E-state index in [1.165, 1.54) is 12.1 Å². The minimum absolute atomic E-state index is 0.351. The number of nitrogens with one attached hydrogen (secondary N) is 1. The molecule has 2 aromatic carbocycles. The number of hydrogen-bond acceptors (Lipinski definition) is 1. The van der Waals surface area contributed by atoms with Gasteiger partial charge in [-0.05, 0) is 65.4 Å². The highest BCUT2D eigenvalue weighted by Crippen LogP contribution is 2.30. The van der Waals surface area contributed by atoms with E-state index < -0.39 is 11.6 Å². The molecule has 0 spiro atoms. The number of halogens is 4. The van der Waals surface area contributed by atoms with E-state index in [0.29, 0.717) is 10.6 Å². The summed E-state index contributed by atoms with van der Waals surface area (Å²) in [7, 11) is 0. The number of benzene rings is 2. The molecule has 0 bridgehead atoms. The number of hydrogen-bond donors (Lipinski definition) is 1. The highest BCUT2D eigenvalue weighted by molar-refractivity contribution is 14.1. The average Bonchev–Trinajstić information content (AvgIpc) is 2.44. The van der Waals surface area contributed by atoms with Crippen molar-refractivity contribution in [2.75, 3.05) is 6.54 Å². The van der Waals surface area contributed by atoms with Crippen LogP contribution in [0.2, 0.25) is 5.02 Å². The summed E-state index contributed by atoms with van der Waals surface area (Å²) < 4.78 is 28.2. The van der Waals surface area contributed by atoms with Gasteiger partial charge >= 0.3 is 0 Å². The first-order valence-corrected chi connectivity index (χ1v) is 8.12. The van der Waals surface area contributed by atoms with Gasteiger partial charge in [-0.25, -0.2) is 8.78 Å². The van der Waals surface area contributed by atoms with Gasteiger partial charge in [0.15, 0.2) is 0 Å². The molecule has 1 N–H and O–H groups in total. The molecule has 0 aliphatic carbocycles. The molecule has 21 heavy (non-hydrogen) atoms. The lowest BCUT2D eigenvalue weighted by Crippen LogP contribution is -2.25. The van der Waals surface area contributed by atoms with Crippen LogP contribution in [0.5, 0.6) is 0 Å². The molecule has 2 rings (SSSR count). The Hall–Kier alpha value is -0.720. The summed E-state index contributed by atoms with van der Waals surface area (Å²) in [6.45, 7) is 2.76. The van der Waals surface area contributed by atoms with E-state index in [1.54, 1.807) is 6.07 Å². The minimum atomic E-state index is -0.578. The number of rotatable bonds is 5. The SMILES string of the molecule is CCCNC(c1ccc(F)cc1F)c1cc(Cl)ccc1I. The van der Waals surface area contributed by atoms with Crippen LogP contribution in [-0.2, 0) is 0 Å². The summed E-state index contributed by atoms with van der Waals surface area (Å²) >= 11 is 8.26. The Morgan fingerprint density at radius 2 is 1.90 bits per heavy atom. The molecule has 112 valence electrons. The Kier molecular flexibility index (Phi) is 5.96. The monoisotopic (exact) mass is 421 g/mol. The lowest BCUT2D eigenvalue weighted by atomic mass is 9.98. The second-order valence-corrected chi connectivity index (χ2v) is 6.32. The molecule has 0 aliphatic heterocycles. The maximum Gasteiger partial charge on any atom is 0.131 e. The van der Waals surface area contributed by atoms with E-state index in [0.717, 1.165) is 28.2 Å². The standard InChI is InChI=1S/C16H15ClF2IN/c1-2-7-21-16(12-5-4-11(18)9-14(12)19)13-8-10(17)3-6-15(13)20/h3-6,8-9,16,21H,2,7H2,1H3. The largest absolute Gasteiger partial charge is 0.306 e. The summed E-state index contributed by atoms with van der Waals surface area (Å²) in [6, 6.07) is 8.82. The summed E-state index contributed by atoms with van der Waals surface area (Å²) in [4.78, 5) is 0. The van der Waals surface area contributed by atoms with E-state index in [1.807, 2.05) is 19.1 Å².